The standard InChI is InChI=1S/C22H24N6O2/c1-27-10-8-16-15(13-27)11-17(21(24-16)30-2)25-22-23-12-14-5-3-6-18(20(14)26-22)28-9-4-7-19(28)29/h3,5-6,11-12H,4,7-10,13H2,1-2H3,(H,23,25,26). The van der Waals surface area contributed by atoms with Crippen LogP contribution in [0.3, 0.4) is 0 Å². The fourth-order valence-corrected chi connectivity index (χ4v) is 4.18. The molecule has 0 unspecified atom stereocenters. The van der Waals surface area contributed by atoms with E-state index in [4.69, 9.17) is 14.7 Å². The maximum absolute atomic E-state index is 12.3. The van der Waals surface area contributed by atoms with Crippen LogP contribution in [-0.4, -0.2) is 53.0 Å². The highest BCUT2D eigenvalue weighted by Crippen LogP contribution is 2.32. The van der Waals surface area contributed by atoms with E-state index in [-0.39, 0.29) is 5.91 Å². The largest absolute Gasteiger partial charge is 0.480 e. The van der Waals surface area contributed by atoms with Crippen LogP contribution in [0, 0.1) is 0 Å². The summed E-state index contributed by atoms with van der Waals surface area (Å²) in [6.07, 6.45) is 4.14. The van der Waals surface area contributed by atoms with E-state index in [1.807, 2.05) is 23.1 Å². The highest BCUT2D eigenvalue weighted by Gasteiger charge is 2.24. The number of amides is 1. The molecule has 0 aliphatic carbocycles. The van der Waals surface area contributed by atoms with Crippen LogP contribution in [0.4, 0.5) is 17.3 Å². The number of carbonyl (C=O) groups excluding carboxylic acids is 1. The van der Waals surface area contributed by atoms with Gasteiger partial charge in [-0.05, 0) is 31.2 Å². The van der Waals surface area contributed by atoms with E-state index in [9.17, 15) is 4.79 Å². The maximum atomic E-state index is 12.3. The normalized spacial score (nSPS) is 16.7. The van der Waals surface area contributed by atoms with E-state index in [1.54, 1.807) is 13.3 Å². The topological polar surface area (TPSA) is 83.5 Å². The molecular weight excluding hydrogens is 380 g/mol. The second-order valence-electron chi connectivity index (χ2n) is 7.82. The number of methoxy groups -OCH3 is 1. The summed E-state index contributed by atoms with van der Waals surface area (Å²) >= 11 is 0. The molecule has 0 bridgehead atoms. The van der Waals surface area contributed by atoms with Crippen molar-refractivity contribution >= 4 is 34.1 Å². The van der Waals surface area contributed by atoms with Gasteiger partial charge in [0, 0.05) is 44.1 Å². The number of anilines is 3. The van der Waals surface area contributed by atoms with Gasteiger partial charge in [0.2, 0.25) is 17.7 Å². The number of pyridine rings is 1. The van der Waals surface area contributed by atoms with E-state index in [0.717, 1.165) is 60.4 Å². The quantitative estimate of drug-likeness (QED) is 0.716. The number of aromatic nitrogens is 3. The lowest BCUT2D eigenvalue weighted by atomic mass is 10.1. The minimum Gasteiger partial charge on any atom is -0.480 e. The molecule has 0 atom stereocenters. The molecule has 5 rings (SSSR count). The Balaban J connectivity index is 1.53. The Kier molecular flexibility index (Phi) is 4.71. The smallest absolute Gasteiger partial charge is 0.237 e. The summed E-state index contributed by atoms with van der Waals surface area (Å²) in [5, 5.41) is 4.18. The van der Waals surface area contributed by atoms with Crippen molar-refractivity contribution in [2.45, 2.75) is 25.8 Å². The number of nitrogens with zero attached hydrogens (tertiary/aromatic N) is 5. The first-order valence-electron chi connectivity index (χ1n) is 10.2. The van der Waals surface area contributed by atoms with Crippen LogP contribution in [0.1, 0.15) is 24.1 Å². The maximum Gasteiger partial charge on any atom is 0.237 e. The molecule has 30 heavy (non-hydrogen) atoms. The summed E-state index contributed by atoms with van der Waals surface area (Å²) in [4.78, 5) is 30.3. The molecule has 154 valence electrons. The van der Waals surface area contributed by atoms with Gasteiger partial charge < -0.3 is 19.9 Å². The number of hydrogen-bond donors (Lipinski definition) is 1. The summed E-state index contributed by atoms with van der Waals surface area (Å²) in [7, 11) is 3.72. The molecule has 0 radical (unpaired) electrons. The number of benzene rings is 1. The van der Waals surface area contributed by atoms with Crippen molar-refractivity contribution < 1.29 is 9.53 Å². The average molecular weight is 404 g/mol. The highest BCUT2D eigenvalue weighted by atomic mass is 16.5. The molecule has 3 aromatic rings. The van der Waals surface area contributed by atoms with Gasteiger partial charge in [-0.3, -0.25) is 4.79 Å². The van der Waals surface area contributed by atoms with Crippen LogP contribution in [-0.2, 0) is 17.8 Å². The number of fused-ring (bicyclic) bond motifs is 2. The number of rotatable bonds is 4. The summed E-state index contributed by atoms with van der Waals surface area (Å²) in [6.45, 7) is 2.56. The molecule has 8 nitrogen and oxygen atoms in total. The van der Waals surface area contributed by atoms with Crippen molar-refractivity contribution in [3.63, 3.8) is 0 Å². The zero-order valence-electron chi connectivity index (χ0n) is 17.2. The van der Waals surface area contributed by atoms with E-state index in [1.165, 1.54) is 5.56 Å². The van der Waals surface area contributed by atoms with Gasteiger partial charge in [0.05, 0.1) is 24.0 Å². The van der Waals surface area contributed by atoms with Crippen LogP contribution >= 0.6 is 0 Å². The van der Waals surface area contributed by atoms with Crippen LogP contribution in [0.5, 0.6) is 5.88 Å². The molecule has 0 spiro atoms. The Hall–Kier alpha value is -3.26. The van der Waals surface area contributed by atoms with Gasteiger partial charge in [-0.1, -0.05) is 12.1 Å². The first-order chi connectivity index (χ1) is 14.6. The number of hydrogen-bond acceptors (Lipinski definition) is 7. The van der Waals surface area contributed by atoms with Gasteiger partial charge in [0.15, 0.2) is 0 Å². The van der Waals surface area contributed by atoms with Gasteiger partial charge in [-0.25, -0.2) is 15.0 Å². The Morgan fingerprint density at radius 2 is 2.07 bits per heavy atom. The second kappa shape index (κ2) is 7.53. The molecule has 1 fully saturated rings. The van der Waals surface area contributed by atoms with E-state index in [0.29, 0.717) is 18.2 Å². The molecule has 8 heteroatoms. The minimum absolute atomic E-state index is 0.139. The molecule has 1 amide bonds. The van der Waals surface area contributed by atoms with Crippen molar-refractivity contribution in [1.29, 1.82) is 0 Å². The first kappa shape index (κ1) is 18.7. The van der Waals surface area contributed by atoms with Crippen molar-refractivity contribution in [3.8, 4) is 5.88 Å². The third-order valence-electron chi connectivity index (χ3n) is 5.72. The van der Waals surface area contributed by atoms with E-state index < -0.39 is 0 Å². The zero-order chi connectivity index (χ0) is 20.7. The molecule has 1 N–H and O–H groups in total. The zero-order valence-corrected chi connectivity index (χ0v) is 17.2. The Bertz CT molecular complexity index is 1130. The highest BCUT2D eigenvalue weighted by molar-refractivity contribution is 6.03. The van der Waals surface area contributed by atoms with Crippen LogP contribution in [0.2, 0.25) is 0 Å². The SMILES string of the molecule is COc1nc2c(cc1Nc1ncc3cccc(N4CCCC4=O)c3n1)CN(C)CC2. The molecule has 4 heterocycles. The van der Waals surface area contributed by atoms with E-state index in [2.05, 4.69) is 28.3 Å². The summed E-state index contributed by atoms with van der Waals surface area (Å²) in [6, 6.07) is 7.91. The third kappa shape index (κ3) is 3.33. The van der Waals surface area contributed by atoms with Crippen molar-refractivity contribution in [3.05, 3.63) is 41.7 Å². The Morgan fingerprint density at radius 3 is 2.87 bits per heavy atom. The van der Waals surface area contributed by atoms with Crippen LogP contribution in [0.25, 0.3) is 10.9 Å². The number of para-hydroxylation sites is 1. The van der Waals surface area contributed by atoms with Gasteiger partial charge in [-0.15, -0.1) is 0 Å². The lowest BCUT2D eigenvalue weighted by Gasteiger charge is -2.25. The molecule has 1 aromatic carbocycles. The van der Waals surface area contributed by atoms with Crippen molar-refractivity contribution in [2.75, 3.05) is 37.5 Å². The van der Waals surface area contributed by atoms with Gasteiger partial charge in [0.25, 0.3) is 0 Å². The van der Waals surface area contributed by atoms with Crippen molar-refractivity contribution in [1.82, 2.24) is 19.9 Å². The number of carbonyl (C=O) groups is 1. The number of likely N-dealkylation sites (N-methyl/N-ethyl adjacent to an activating group) is 1. The number of ether oxygens (including phenoxy) is 1. The fourth-order valence-electron chi connectivity index (χ4n) is 4.18. The van der Waals surface area contributed by atoms with Crippen molar-refractivity contribution in [2.24, 2.45) is 0 Å². The third-order valence-corrected chi connectivity index (χ3v) is 5.72. The van der Waals surface area contributed by atoms with Crippen LogP contribution < -0.4 is 15.0 Å². The molecule has 0 saturated carbocycles. The van der Waals surface area contributed by atoms with Gasteiger partial charge in [-0.2, -0.15) is 0 Å². The first-order valence-corrected chi connectivity index (χ1v) is 10.2. The monoisotopic (exact) mass is 404 g/mol. The molecular formula is C22H24N6O2. The molecule has 2 aliphatic rings. The predicted molar refractivity (Wildman–Crippen MR) is 115 cm³/mol. The lowest BCUT2D eigenvalue weighted by Crippen LogP contribution is -2.27. The fraction of sp³-hybridized carbons (Fsp3) is 0.364. The summed E-state index contributed by atoms with van der Waals surface area (Å²) < 4.78 is 5.52. The minimum atomic E-state index is 0.139. The second-order valence-corrected chi connectivity index (χ2v) is 7.82. The van der Waals surface area contributed by atoms with E-state index >= 15 is 0 Å². The summed E-state index contributed by atoms with van der Waals surface area (Å²) in [5.74, 6) is 1.12. The lowest BCUT2D eigenvalue weighted by molar-refractivity contribution is -0.117. The molecule has 1 saturated heterocycles. The summed E-state index contributed by atoms with van der Waals surface area (Å²) in [5.41, 5.74) is 4.58. The van der Waals surface area contributed by atoms with Crippen LogP contribution in [0.15, 0.2) is 30.5 Å². The van der Waals surface area contributed by atoms with Gasteiger partial charge in [0.1, 0.15) is 5.69 Å². The average Bonchev–Trinajstić information content (AvgIpc) is 3.18. The molecule has 2 aliphatic heterocycles. The van der Waals surface area contributed by atoms with Gasteiger partial charge >= 0.3 is 0 Å². The Labute approximate surface area is 174 Å². The Morgan fingerprint density at radius 1 is 1.17 bits per heavy atom. The predicted octanol–water partition coefficient (Wildman–Crippen LogP) is 2.89. The number of nitrogens with one attached hydrogen (secondary N) is 1. The molecule has 2 aromatic heterocycles.